The smallest absolute Gasteiger partial charge is 0.114 e. The van der Waals surface area contributed by atoms with E-state index in [2.05, 4.69) is 156 Å². The third kappa shape index (κ3) is 3.42. The van der Waals surface area contributed by atoms with E-state index in [-0.39, 0.29) is 5.41 Å². The molecule has 0 saturated carbocycles. The van der Waals surface area contributed by atoms with Gasteiger partial charge in [0.25, 0.3) is 0 Å². The zero-order valence-electron chi connectivity index (χ0n) is 28.7. The quantitative estimate of drug-likeness (QED) is 0.155. The highest BCUT2D eigenvalue weighted by Crippen LogP contribution is 2.53. The van der Waals surface area contributed by atoms with Crippen LogP contribution >= 0.6 is 0 Å². The molecule has 242 valence electrons. The van der Waals surface area contributed by atoms with Gasteiger partial charge in [-0.25, -0.2) is 4.99 Å². The molecular weight excluding hydrogens is 619 g/mol. The van der Waals surface area contributed by atoms with Crippen molar-refractivity contribution in [2.24, 2.45) is 4.99 Å². The van der Waals surface area contributed by atoms with E-state index in [1.165, 1.54) is 92.9 Å². The highest BCUT2D eigenvalue weighted by Gasteiger charge is 2.39. The van der Waals surface area contributed by atoms with Crippen molar-refractivity contribution in [2.45, 2.75) is 44.4 Å². The van der Waals surface area contributed by atoms with Gasteiger partial charge in [-0.2, -0.15) is 0 Å². The molecule has 4 heterocycles. The monoisotopic (exact) mass is 653 g/mol. The molecule has 51 heavy (non-hydrogen) atoms. The van der Waals surface area contributed by atoms with Crippen LogP contribution in [-0.2, 0) is 5.41 Å². The van der Waals surface area contributed by atoms with Gasteiger partial charge >= 0.3 is 0 Å². The fourth-order valence-electron chi connectivity index (χ4n) is 10.4. The van der Waals surface area contributed by atoms with E-state index in [1.807, 2.05) is 0 Å². The van der Waals surface area contributed by atoms with Gasteiger partial charge in [-0.15, -0.1) is 0 Å². The molecule has 0 amide bonds. The predicted molar refractivity (Wildman–Crippen MR) is 215 cm³/mol. The lowest BCUT2D eigenvalue weighted by Gasteiger charge is -2.40. The Bertz CT molecular complexity index is 3150. The largest absolute Gasteiger partial charge is 0.308 e. The highest BCUT2D eigenvalue weighted by atomic mass is 15.1. The lowest BCUT2D eigenvalue weighted by Crippen LogP contribution is -2.30. The van der Waals surface area contributed by atoms with Gasteiger partial charge in [0.2, 0.25) is 0 Å². The molecule has 1 unspecified atom stereocenters. The summed E-state index contributed by atoms with van der Waals surface area (Å²) in [5.41, 5.74) is 13.1. The molecule has 0 saturated heterocycles. The summed E-state index contributed by atoms with van der Waals surface area (Å²) in [5.74, 6) is 1.49. The summed E-state index contributed by atoms with van der Waals surface area (Å²) >= 11 is 0. The predicted octanol–water partition coefficient (Wildman–Crippen LogP) is 12.6. The molecule has 0 N–H and O–H groups in total. The number of para-hydroxylation sites is 2. The Morgan fingerprint density at radius 2 is 1.31 bits per heavy atom. The van der Waals surface area contributed by atoms with E-state index in [0.717, 1.165) is 30.8 Å². The molecule has 1 aliphatic heterocycles. The second-order valence-corrected chi connectivity index (χ2v) is 15.4. The Morgan fingerprint density at radius 1 is 0.588 bits per heavy atom. The Hall–Kier alpha value is -5.93. The lowest BCUT2D eigenvalue weighted by molar-refractivity contribution is 0.557. The van der Waals surface area contributed by atoms with Crippen molar-refractivity contribution in [1.29, 1.82) is 0 Å². The van der Waals surface area contributed by atoms with E-state index in [4.69, 9.17) is 4.99 Å². The van der Waals surface area contributed by atoms with Crippen LogP contribution in [0.15, 0.2) is 138 Å². The van der Waals surface area contributed by atoms with E-state index in [0.29, 0.717) is 5.92 Å². The summed E-state index contributed by atoms with van der Waals surface area (Å²) in [6, 6.07) is 50.0. The minimum Gasteiger partial charge on any atom is -0.308 e. The van der Waals surface area contributed by atoms with Crippen LogP contribution in [0.25, 0.3) is 70.7 Å². The first kappa shape index (κ1) is 27.8. The molecule has 10 aromatic rings. The summed E-state index contributed by atoms with van der Waals surface area (Å²) in [6.45, 7) is 4.78. The number of fused-ring (bicyclic) bond motifs is 14. The van der Waals surface area contributed by atoms with Gasteiger partial charge in [-0.3, -0.25) is 4.57 Å². The van der Waals surface area contributed by atoms with Crippen LogP contribution in [0.5, 0.6) is 0 Å². The Balaban J connectivity index is 1.27. The van der Waals surface area contributed by atoms with Crippen molar-refractivity contribution in [3.05, 3.63) is 156 Å². The van der Waals surface area contributed by atoms with Crippen LogP contribution in [0.4, 0.5) is 5.69 Å². The van der Waals surface area contributed by atoms with E-state index >= 15 is 0 Å². The molecule has 3 heteroatoms. The van der Waals surface area contributed by atoms with E-state index in [9.17, 15) is 0 Å². The Labute approximate surface area is 295 Å². The van der Waals surface area contributed by atoms with Gasteiger partial charge in [0.05, 0.1) is 33.3 Å². The zero-order valence-corrected chi connectivity index (χ0v) is 28.7. The maximum atomic E-state index is 5.80. The molecule has 3 nitrogen and oxygen atoms in total. The molecule has 0 radical (unpaired) electrons. The molecule has 3 aromatic heterocycles. The fourth-order valence-corrected chi connectivity index (χ4v) is 10.4. The van der Waals surface area contributed by atoms with Crippen molar-refractivity contribution in [2.75, 3.05) is 0 Å². The number of aromatic nitrogens is 2. The summed E-state index contributed by atoms with van der Waals surface area (Å²) in [7, 11) is 0. The maximum absolute atomic E-state index is 5.80. The van der Waals surface area contributed by atoms with Crippen LogP contribution in [0.3, 0.4) is 0 Å². The van der Waals surface area contributed by atoms with E-state index in [1.54, 1.807) is 0 Å². The molecule has 0 fully saturated rings. The first-order valence-electron chi connectivity index (χ1n) is 18.4. The second kappa shape index (κ2) is 9.64. The Morgan fingerprint density at radius 3 is 2.20 bits per heavy atom. The number of hydrogen-bond donors (Lipinski definition) is 0. The second-order valence-electron chi connectivity index (χ2n) is 15.4. The molecule has 12 rings (SSSR count). The van der Waals surface area contributed by atoms with Crippen LogP contribution in [-0.4, -0.2) is 14.8 Å². The van der Waals surface area contributed by atoms with Gasteiger partial charge in [0.15, 0.2) is 0 Å². The highest BCUT2D eigenvalue weighted by molar-refractivity contribution is 6.37. The SMILES string of the molecule is CC1(C)c2ccccc2C2CCC/C(n3c4ccc5ccccc5c4c4cc5c6ccccc6n6c7ccccc7c(c43)c56)=N\c3cccc1c32. The normalized spacial score (nSPS) is 18.1. The van der Waals surface area contributed by atoms with E-state index < -0.39 is 0 Å². The van der Waals surface area contributed by atoms with Gasteiger partial charge in [-0.1, -0.05) is 117 Å². The summed E-state index contributed by atoms with van der Waals surface area (Å²) < 4.78 is 5.07. The number of hydrogen-bond acceptors (Lipinski definition) is 1. The summed E-state index contributed by atoms with van der Waals surface area (Å²) in [4.78, 5) is 5.80. The molecule has 2 aliphatic rings. The molecule has 1 atom stereocenters. The lowest BCUT2D eigenvalue weighted by atomic mass is 9.64. The third-order valence-corrected chi connectivity index (χ3v) is 12.5. The average Bonchev–Trinajstić information content (AvgIpc) is 3.79. The van der Waals surface area contributed by atoms with Crippen LogP contribution in [0, 0.1) is 0 Å². The van der Waals surface area contributed by atoms with Crippen LogP contribution in [0.1, 0.15) is 61.3 Å². The van der Waals surface area contributed by atoms with Gasteiger partial charge in [-0.05, 0) is 76.2 Å². The molecule has 1 aliphatic carbocycles. The molecule has 0 bridgehead atoms. The van der Waals surface area contributed by atoms with Crippen molar-refractivity contribution < 1.29 is 0 Å². The topological polar surface area (TPSA) is 21.7 Å². The van der Waals surface area contributed by atoms with Gasteiger partial charge < -0.3 is 4.40 Å². The average molecular weight is 654 g/mol. The minimum absolute atomic E-state index is 0.0896. The first-order valence-corrected chi connectivity index (χ1v) is 18.4. The standard InChI is InChI=1S/C48H35N3/c1-48(2)36-19-8-5-15-30(36)32-18-11-24-42(49-38-21-12-20-37(48)44(32)38)51-41-26-25-28-13-3-4-14-29(28)43(41)35-27-34-31-16-6-9-22-39(31)50-40-23-10-7-17-33(40)45(46(34)50)47(35)51/h3-10,12-17,19-23,25-27,32H,11,18,24H2,1-2H3/b49-42+. The molecule has 0 spiro atoms. The van der Waals surface area contributed by atoms with Crippen molar-refractivity contribution in [3.63, 3.8) is 0 Å². The fraction of sp³-hybridized carbons (Fsp3) is 0.146. The number of benzene rings is 7. The number of aliphatic imine (C=N–C) groups is 1. The summed E-state index contributed by atoms with van der Waals surface area (Å²) in [6.07, 6.45) is 3.07. The first-order chi connectivity index (χ1) is 25.1. The third-order valence-electron chi connectivity index (χ3n) is 12.5. The van der Waals surface area contributed by atoms with Gasteiger partial charge in [0.1, 0.15) is 5.84 Å². The zero-order chi connectivity index (χ0) is 33.6. The summed E-state index contributed by atoms with van der Waals surface area (Å²) in [5, 5.41) is 10.4. The van der Waals surface area contributed by atoms with Crippen molar-refractivity contribution in [3.8, 4) is 0 Å². The molecular formula is C48H35N3. The van der Waals surface area contributed by atoms with Crippen molar-refractivity contribution in [1.82, 2.24) is 8.97 Å². The van der Waals surface area contributed by atoms with Gasteiger partial charge in [0, 0.05) is 50.1 Å². The van der Waals surface area contributed by atoms with Crippen LogP contribution < -0.4 is 0 Å². The van der Waals surface area contributed by atoms with Crippen LogP contribution in [0.2, 0.25) is 0 Å². The number of rotatable bonds is 0. The van der Waals surface area contributed by atoms with Crippen molar-refractivity contribution >= 4 is 82.2 Å². The Kier molecular flexibility index (Phi) is 5.27. The maximum Gasteiger partial charge on any atom is 0.114 e. The number of nitrogens with zero attached hydrogens (tertiary/aromatic N) is 3. The molecule has 7 aromatic carbocycles. The minimum atomic E-state index is -0.0896.